The Labute approximate surface area is 118 Å². The monoisotopic (exact) mass is 327 g/mol. The van der Waals surface area contributed by atoms with Crippen molar-refractivity contribution in [3.05, 3.63) is 58.1 Å². The molecule has 0 saturated carbocycles. The molecular formula is C14H12BrF2NO. The van der Waals surface area contributed by atoms with Gasteiger partial charge in [0.05, 0.1) is 4.47 Å². The maximum Gasteiger partial charge on any atom is 0.166 e. The molecule has 2 aromatic rings. The van der Waals surface area contributed by atoms with Crippen molar-refractivity contribution in [2.45, 2.75) is 13.0 Å². The molecule has 0 spiro atoms. The second kappa shape index (κ2) is 5.67. The average Bonchev–Trinajstić information content (AvgIpc) is 2.36. The number of hydrogen-bond donors (Lipinski definition) is 1. The second-order valence-corrected chi connectivity index (χ2v) is 5.01. The number of hydrogen-bond acceptors (Lipinski definition) is 2. The largest absolute Gasteiger partial charge is 0.453 e. The van der Waals surface area contributed by atoms with Crippen molar-refractivity contribution in [2.75, 3.05) is 0 Å². The van der Waals surface area contributed by atoms with E-state index in [1.807, 2.05) is 6.92 Å². The summed E-state index contributed by atoms with van der Waals surface area (Å²) >= 11 is 3.32. The van der Waals surface area contributed by atoms with Crippen LogP contribution in [-0.2, 0) is 0 Å². The lowest BCUT2D eigenvalue weighted by Crippen LogP contribution is -2.04. The van der Waals surface area contributed by atoms with E-state index in [4.69, 9.17) is 10.5 Å². The van der Waals surface area contributed by atoms with Gasteiger partial charge in [0.1, 0.15) is 11.6 Å². The average molecular weight is 328 g/mol. The van der Waals surface area contributed by atoms with Crippen LogP contribution in [0.25, 0.3) is 0 Å². The molecule has 0 fully saturated rings. The minimum atomic E-state index is -0.621. The van der Waals surface area contributed by atoms with Gasteiger partial charge in [-0.15, -0.1) is 0 Å². The molecule has 2 N–H and O–H groups in total. The van der Waals surface area contributed by atoms with Gasteiger partial charge in [0, 0.05) is 12.1 Å². The molecule has 0 amide bonds. The number of ether oxygens (including phenoxy) is 1. The van der Waals surface area contributed by atoms with Gasteiger partial charge >= 0.3 is 0 Å². The summed E-state index contributed by atoms with van der Waals surface area (Å²) in [5.41, 5.74) is 6.67. The Morgan fingerprint density at radius 2 is 1.84 bits per heavy atom. The first-order chi connectivity index (χ1) is 8.97. The van der Waals surface area contributed by atoms with E-state index in [-0.39, 0.29) is 11.8 Å². The van der Waals surface area contributed by atoms with Crippen LogP contribution in [0.15, 0.2) is 40.9 Å². The van der Waals surface area contributed by atoms with E-state index < -0.39 is 11.6 Å². The molecule has 0 aliphatic carbocycles. The van der Waals surface area contributed by atoms with Crippen LogP contribution in [0.2, 0.25) is 0 Å². The van der Waals surface area contributed by atoms with Gasteiger partial charge in [-0.25, -0.2) is 8.78 Å². The molecule has 19 heavy (non-hydrogen) atoms. The molecule has 0 radical (unpaired) electrons. The van der Waals surface area contributed by atoms with Gasteiger partial charge < -0.3 is 10.5 Å². The van der Waals surface area contributed by atoms with Crippen molar-refractivity contribution in [3.63, 3.8) is 0 Å². The molecule has 0 bridgehead atoms. The van der Waals surface area contributed by atoms with E-state index in [0.717, 1.165) is 23.8 Å². The Balaban J connectivity index is 2.31. The molecule has 2 rings (SSSR count). The van der Waals surface area contributed by atoms with E-state index in [9.17, 15) is 8.78 Å². The first-order valence-corrected chi connectivity index (χ1v) is 6.44. The first-order valence-electron chi connectivity index (χ1n) is 5.65. The maximum atomic E-state index is 13.5. The van der Waals surface area contributed by atoms with Crippen LogP contribution < -0.4 is 10.5 Å². The third-order valence-corrected chi connectivity index (χ3v) is 3.21. The van der Waals surface area contributed by atoms with Crippen molar-refractivity contribution < 1.29 is 13.5 Å². The van der Waals surface area contributed by atoms with Crippen molar-refractivity contribution in [3.8, 4) is 11.5 Å². The van der Waals surface area contributed by atoms with Gasteiger partial charge in [0.25, 0.3) is 0 Å². The van der Waals surface area contributed by atoms with Crippen molar-refractivity contribution in [1.29, 1.82) is 0 Å². The highest BCUT2D eigenvalue weighted by Crippen LogP contribution is 2.33. The highest BCUT2D eigenvalue weighted by molar-refractivity contribution is 9.10. The minimum absolute atomic E-state index is 0.115. The van der Waals surface area contributed by atoms with Gasteiger partial charge in [-0.3, -0.25) is 0 Å². The number of halogens is 3. The Morgan fingerprint density at radius 3 is 2.47 bits per heavy atom. The van der Waals surface area contributed by atoms with Crippen LogP contribution in [0.1, 0.15) is 18.5 Å². The van der Waals surface area contributed by atoms with E-state index in [1.54, 1.807) is 18.2 Å². The summed E-state index contributed by atoms with van der Waals surface area (Å²) in [5, 5.41) is 0. The predicted octanol–water partition coefficient (Wildman–Crippen LogP) is 4.54. The molecule has 0 unspecified atom stereocenters. The number of benzene rings is 2. The maximum absolute atomic E-state index is 13.5. The van der Waals surface area contributed by atoms with Crippen LogP contribution in [0.4, 0.5) is 8.78 Å². The molecule has 0 aliphatic heterocycles. The fourth-order valence-electron chi connectivity index (χ4n) is 1.56. The summed E-state index contributed by atoms with van der Waals surface area (Å²) in [5.74, 6) is -0.938. The van der Waals surface area contributed by atoms with Crippen LogP contribution in [-0.4, -0.2) is 0 Å². The van der Waals surface area contributed by atoms with Crippen LogP contribution >= 0.6 is 15.9 Å². The van der Waals surface area contributed by atoms with Gasteiger partial charge in [0.2, 0.25) is 0 Å². The lowest BCUT2D eigenvalue weighted by atomic mass is 10.1. The normalized spacial score (nSPS) is 12.3. The van der Waals surface area contributed by atoms with Crippen LogP contribution in [0, 0.1) is 11.6 Å². The van der Waals surface area contributed by atoms with E-state index in [2.05, 4.69) is 15.9 Å². The van der Waals surface area contributed by atoms with Gasteiger partial charge in [-0.2, -0.15) is 0 Å². The molecule has 0 aliphatic rings. The summed E-state index contributed by atoms with van der Waals surface area (Å²) < 4.78 is 32.5. The Kier molecular flexibility index (Phi) is 4.17. The zero-order chi connectivity index (χ0) is 14.0. The third-order valence-electron chi connectivity index (χ3n) is 2.59. The molecule has 0 saturated heterocycles. The lowest BCUT2D eigenvalue weighted by molar-refractivity contribution is 0.434. The van der Waals surface area contributed by atoms with E-state index in [1.165, 1.54) is 0 Å². The molecule has 1 atom stereocenters. The van der Waals surface area contributed by atoms with E-state index in [0.29, 0.717) is 10.2 Å². The highest BCUT2D eigenvalue weighted by atomic mass is 79.9. The molecule has 0 aromatic heterocycles. The van der Waals surface area contributed by atoms with Gasteiger partial charge in [-0.05, 0) is 52.7 Å². The Hall–Kier alpha value is -1.46. The predicted molar refractivity (Wildman–Crippen MR) is 73.2 cm³/mol. The number of nitrogens with two attached hydrogens (primary N) is 1. The summed E-state index contributed by atoms with van der Waals surface area (Å²) in [6.07, 6.45) is 0. The first kappa shape index (κ1) is 14.0. The highest BCUT2D eigenvalue weighted by Gasteiger charge is 2.10. The number of rotatable bonds is 3. The smallest absolute Gasteiger partial charge is 0.166 e. The third kappa shape index (κ3) is 3.30. The second-order valence-electron chi connectivity index (χ2n) is 4.16. The van der Waals surface area contributed by atoms with Crippen molar-refractivity contribution >= 4 is 15.9 Å². The lowest BCUT2D eigenvalue weighted by Gasteiger charge is -2.11. The molecule has 2 nitrogen and oxygen atoms in total. The molecule has 0 heterocycles. The SMILES string of the molecule is C[C@@H](N)c1ccc(Oc2cc(F)ccc2F)c(Br)c1. The summed E-state index contributed by atoms with van der Waals surface area (Å²) in [6, 6.07) is 8.18. The zero-order valence-corrected chi connectivity index (χ0v) is 11.7. The Bertz CT molecular complexity index is 602. The Morgan fingerprint density at radius 1 is 1.11 bits per heavy atom. The summed E-state index contributed by atoms with van der Waals surface area (Å²) in [4.78, 5) is 0. The van der Waals surface area contributed by atoms with Crippen LogP contribution in [0.5, 0.6) is 11.5 Å². The summed E-state index contributed by atoms with van der Waals surface area (Å²) in [6.45, 7) is 1.86. The minimum Gasteiger partial charge on any atom is -0.453 e. The molecule has 5 heteroatoms. The van der Waals surface area contributed by atoms with Gasteiger partial charge in [0.15, 0.2) is 11.6 Å². The van der Waals surface area contributed by atoms with Crippen molar-refractivity contribution in [1.82, 2.24) is 0 Å². The quantitative estimate of drug-likeness (QED) is 0.898. The molecular weight excluding hydrogens is 316 g/mol. The molecule has 2 aromatic carbocycles. The molecule has 100 valence electrons. The standard InChI is InChI=1S/C14H12BrF2NO/c1-8(18)9-2-5-13(11(15)6-9)19-14-7-10(16)3-4-12(14)17/h2-8H,18H2,1H3/t8-/m1/s1. The van der Waals surface area contributed by atoms with E-state index >= 15 is 0 Å². The topological polar surface area (TPSA) is 35.2 Å². The van der Waals surface area contributed by atoms with Crippen molar-refractivity contribution in [2.24, 2.45) is 5.73 Å². The summed E-state index contributed by atoms with van der Waals surface area (Å²) in [7, 11) is 0. The zero-order valence-electron chi connectivity index (χ0n) is 10.2. The van der Waals surface area contributed by atoms with Crippen LogP contribution in [0.3, 0.4) is 0 Å². The fraction of sp³-hybridized carbons (Fsp3) is 0.143. The van der Waals surface area contributed by atoms with Gasteiger partial charge in [-0.1, -0.05) is 6.07 Å². The fourth-order valence-corrected chi connectivity index (χ4v) is 2.03.